The molecule has 0 bridgehead atoms. The van der Waals surface area contributed by atoms with Gasteiger partial charge in [-0.05, 0) is 12.5 Å². The summed E-state index contributed by atoms with van der Waals surface area (Å²) in [5.74, 6) is 6.45. The molecule has 0 aliphatic rings. The Morgan fingerprint density at radius 3 is 2.50 bits per heavy atom. The van der Waals surface area contributed by atoms with Crippen molar-refractivity contribution in [1.82, 2.24) is 0 Å². The van der Waals surface area contributed by atoms with Crippen molar-refractivity contribution in [3.8, 4) is 11.8 Å². The highest BCUT2D eigenvalue weighted by Gasteiger charge is 1.97. The molecule has 1 rings (SSSR count). The SMILES string of the molecule is C[CH]C#CC(C)c1ccccc1. The van der Waals surface area contributed by atoms with Crippen molar-refractivity contribution in [1.29, 1.82) is 0 Å². The van der Waals surface area contributed by atoms with E-state index in [-0.39, 0.29) is 0 Å². The van der Waals surface area contributed by atoms with Gasteiger partial charge in [-0.1, -0.05) is 49.1 Å². The Bertz CT molecular complexity index is 274. The summed E-state index contributed by atoms with van der Waals surface area (Å²) >= 11 is 0. The molecule has 1 radical (unpaired) electrons. The molecule has 0 aromatic heterocycles. The molecule has 61 valence electrons. The molecule has 0 amide bonds. The minimum absolute atomic E-state index is 0.336. The quantitative estimate of drug-likeness (QED) is 0.550. The van der Waals surface area contributed by atoms with Gasteiger partial charge in [-0.15, -0.1) is 0 Å². The lowest BCUT2D eigenvalue weighted by molar-refractivity contribution is 1.00. The van der Waals surface area contributed by atoms with Crippen LogP contribution >= 0.6 is 0 Å². The highest BCUT2D eigenvalue weighted by Crippen LogP contribution is 2.12. The van der Waals surface area contributed by atoms with Crippen LogP contribution in [0.5, 0.6) is 0 Å². The predicted octanol–water partition coefficient (Wildman–Crippen LogP) is 3.02. The first-order valence-corrected chi connectivity index (χ1v) is 4.18. The molecular formula is C12H13. The van der Waals surface area contributed by atoms with Crippen molar-refractivity contribution in [3.05, 3.63) is 42.3 Å². The molecule has 0 heteroatoms. The molecule has 1 aromatic rings. The summed E-state index contributed by atoms with van der Waals surface area (Å²) in [5, 5.41) is 0. The van der Waals surface area contributed by atoms with Crippen LogP contribution in [-0.2, 0) is 0 Å². The van der Waals surface area contributed by atoms with Crippen molar-refractivity contribution in [2.75, 3.05) is 0 Å². The number of hydrogen-bond acceptors (Lipinski definition) is 0. The van der Waals surface area contributed by atoms with Gasteiger partial charge in [0.25, 0.3) is 0 Å². The van der Waals surface area contributed by atoms with Gasteiger partial charge in [0.05, 0.1) is 0 Å². The molecule has 1 unspecified atom stereocenters. The Kier molecular flexibility index (Phi) is 3.41. The van der Waals surface area contributed by atoms with Crippen LogP contribution in [0.15, 0.2) is 30.3 Å². The summed E-state index contributed by atoms with van der Waals surface area (Å²) in [6.07, 6.45) is 1.87. The molecule has 12 heavy (non-hydrogen) atoms. The summed E-state index contributed by atoms with van der Waals surface area (Å²) in [6, 6.07) is 10.3. The van der Waals surface area contributed by atoms with Crippen molar-refractivity contribution in [3.63, 3.8) is 0 Å². The molecule has 1 atom stereocenters. The maximum absolute atomic E-state index is 3.14. The van der Waals surface area contributed by atoms with Gasteiger partial charge in [-0.3, -0.25) is 0 Å². The zero-order chi connectivity index (χ0) is 8.81. The maximum atomic E-state index is 3.14. The lowest BCUT2D eigenvalue weighted by atomic mass is 10.0. The largest absolute Gasteiger partial charge is 0.0983 e. The van der Waals surface area contributed by atoms with Crippen LogP contribution in [0.1, 0.15) is 25.3 Å². The fraction of sp³-hybridized carbons (Fsp3) is 0.250. The van der Waals surface area contributed by atoms with E-state index in [2.05, 4.69) is 30.9 Å². The van der Waals surface area contributed by atoms with E-state index in [1.54, 1.807) is 0 Å². The summed E-state index contributed by atoms with van der Waals surface area (Å²) in [4.78, 5) is 0. The maximum Gasteiger partial charge on any atom is 0.0424 e. The van der Waals surface area contributed by atoms with E-state index in [0.29, 0.717) is 5.92 Å². The molecule has 0 spiro atoms. The van der Waals surface area contributed by atoms with Gasteiger partial charge in [-0.25, -0.2) is 0 Å². The van der Waals surface area contributed by atoms with Gasteiger partial charge >= 0.3 is 0 Å². The van der Waals surface area contributed by atoms with Crippen LogP contribution in [-0.4, -0.2) is 0 Å². The fourth-order valence-electron chi connectivity index (χ4n) is 1.03. The third-order valence-corrected chi connectivity index (χ3v) is 1.74. The normalized spacial score (nSPS) is 11.5. The molecule has 0 aliphatic heterocycles. The molecule has 0 saturated heterocycles. The van der Waals surface area contributed by atoms with E-state index >= 15 is 0 Å². The third kappa shape index (κ3) is 2.43. The highest BCUT2D eigenvalue weighted by molar-refractivity contribution is 5.27. The second kappa shape index (κ2) is 4.62. The molecule has 0 heterocycles. The average molecular weight is 157 g/mol. The molecule has 0 fully saturated rings. The Morgan fingerprint density at radius 1 is 1.25 bits per heavy atom. The first-order valence-electron chi connectivity index (χ1n) is 4.18. The number of rotatable bonds is 1. The second-order valence-corrected chi connectivity index (χ2v) is 2.71. The van der Waals surface area contributed by atoms with E-state index < -0.39 is 0 Å². The molecule has 0 aliphatic carbocycles. The third-order valence-electron chi connectivity index (χ3n) is 1.74. The van der Waals surface area contributed by atoms with E-state index in [9.17, 15) is 0 Å². The summed E-state index contributed by atoms with van der Waals surface area (Å²) in [6.45, 7) is 4.07. The molecule has 0 saturated carbocycles. The van der Waals surface area contributed by atoms with Gasteiger partial charge < -0.3 is 0 Å². The summed E-state index contributed by atoms with van der Waals surface area (Å²) in [7, 11) is 0. The fourth-order valence-corrected chi connectivity index (χ4v) is 1.03. The zero-order valence-electron chi connectivity index (χ0n) is 7.54. The standard InChI is InChI=1S/C12H13/c1-3-4-8-11(2)12-9-6-5-7-10-12/h3,5-7,9-11H,1-2H3. The Labute approximate surface area is 74.6 Å². The first-order chi connectivity index (χ1) is 5.84. The van der Waals surface area contributed by atoms with Crippen LogP contribution in [0, 0.1) is 18.3 Å². The van der Waals surface area contributed by atoms with Crippen LogP contribution in [0.25, 0.3) is 0 Å². The monoisotopic (exact) mass is 157 g/mol. The Morgan fingerprint density at radius 2 is 1.92 bits per heavy atom. The first kappa shape index (κ1) is 8.87. The van der Waals surface area contributed by atoms with E-state index in [4.69, 9.17) is 0 Å². The average Bonchev–Trinajstić information content (AvgIpc) is 2.15. The lowest BCUT2D eigenvalue weighted by Crippen LogP contribution is -1.87. The Balaban J connectivity index is 2.72. The van der Waals surface area contributed by atoms with E-state index in [0.717, 1.165) is 0 Å². The van der Waals surface area contributed by atoms with Crippen LogP contribution < -0.4 is 0 Å². The van der Waals surface area contributed by atoms with Crippen LogP contribution in [0.2, 0.25) is 0 Å². The molecule has 0 nitrogen and oxygen atoms in total. The lowest BCUT2D eigenvalue weighted by Gasteiger charge is -2.02. The second-order valence-electron chi connectivity index (χ2n) is 2.71. The van der Waals surface area contributed by atoms with Gasteiger partial charge in [0, 0.05) is 12.3 Å². The van der Waals surface area contributed by atoms with E-state index in [1.165, 1.54) is 5.56 Å². The van der Waals surface area contributed by atoms with Gasteiger partial charge in [0.15, 0.2) is 0 Å². The highest BCUT2D eigenvalue weighted by atomic mass is 14.0. The van der Waals surface area contributed by atoms with Crippen molar-refractivity contribution >= 4 is 0 Å². The zero-order valence-corrected chi connectivity index (χ0v) is 7.54. The molecular weight excluding hydrogens is 144 g/mol. The number of benzene rings is 1. The molecule has 0 N–H and O–H groups in total. The minimum Gasteiger partial charge on any atom is -0.0983 e. The number of hydrogen-bond donors (Lipinski definition) is 0. The minimum atomic E-state index is 0.336. The Hall–Kier alpha value is -1.22. The van der Waals surface area contributed by atoms with Crippen LogP contribution in [0.3, 0.4) is 0 Å². The summed E-state index contributed by atoms with van der Waals surface area (Å²) < 4.78 is 0. The smallest absolute Gasteiger partial charge is 0.0424 e. The topological polar surface area (TPSA) is 0 Å². The van der Waals surface area contributed by atoms with Crippen molar-refractivity contribution in [2.24, 2.45) is 0 Å². The van der Waals surface area contributed by atoms with Gasteiger partial charge in [0.1, 0.15) is 0 Å². The predicted molar refractivity (Wildman–Crippen MR) is 52.6 cm³/mol. The van der Waals surface area contributed by atoms with Crippen LogP contribution in [0.4, 0.5) is 0 Å². The van der Waals surface area contributed by atoms with Gasteiger partial charge in [-0.2, -0.15) is 0 Å². The summed E-state index contributed by atoms with van der Waals surface area (Å²) in [5.41, 5.74) is 1.28. The van der Waals surface area contributed by atoms with E-state index in [1.807, 2.05) is 31.5 Å². The van der Waals surface area contributed by atoms with Gasteiger partial charge in [0.2, 0.25) is 0 Å². The van der Waals surface area contributed by atoms with Crippen molar-refractivity contribution in [2.45, 2.75) is 19.8 Å². The van der Waals surface area contributed by atoms with Crippen molar-refractivity contribution < 1.29 is 0 Å². The molecule has 1 aromatic carbocycles.